The van der Waals surface area contributed by atoms with Crippen molar-refractivity contribution in [1.82, 2.24) is 15.2 Å². The molecule has 0 aliphatic rings. The van der Waals surface area contributed by atoms with Crippen LogP contribution in [0.2, 0.25) is 0 Å². The van der Waals surface area contributed by atoms with Crippen molar-refractivity contribution in [3.63, 3.8) is 0 Å². The number of primary sulfonamides is 1. The molecule has 0 aliphatic carbocycles. The molecule has 3 N–H and O–H groups in total. The van der Waals surface area contributed by atoms with Crippen molar-refractivity contribution in [3.8, 4) is 11.1 Å². The number of nitrogens with one attached hydrogen (secondary N) is 1. The molecule has 0 fully saturated rings. The van der Waals surface area contributed by atoms with Gasteiger partial charge in [0, 0.05) is 18.0 Å². The third-order valence-corrected chi connectivity index (χ3v) is 6.88. The molecule has 33 heavy (non-hydrogen) atoms. The molecule has 0 radical (unpaired) electrons. The summed E-state index contributed by atoms with van der Waals surface area (Å²) in [5, 5.41) is 11.5. The first-order chi connectivity index (χ1) is 15.4. The van der Waals surface area contributed by atoms with Crippen LogP contribution in [0.5, 0.6) is 0 Å². The number of ketones is 1. The van der Waals surface area contributed by atoms with Gasteiger partial charge in [-0.05, 0) is 35.9 Å². The van der Waals surface area contributed by atoms with Gasteiger partial charge in [0.25, 0.3) is 0 Å². The molecule has 170 valence electrons. The Bertz CT molecular complexity index is 1650. The van der Waals surface area contributed by atoms with Crippen LogP contribution in [0.15, 0.2) is 58.5 Å². The fourth-order valence-corrected chi connectivity index (χ4v) is 4.48. The number of carbonyl (C=O) groups excluding carboxylic acids is 1. The number of H-pyrrole nitrogens is 1. The Morgan fingerprint density at radius 3 is 2.27 bits per heavy atom. The minimum atomic E-state index is -4.06. The predicted octanol–water partition coefficient (Wildman–Crippen LogP) is 2.19. The van der Waals surface area contributed by atoms with Crippen LogP contribution in [0.25, 0.3) is 22.2 Å². The van der Waals surface area contributed by atoms with E-state index in [4.69, 9.17) is 5.14 Å². The summed E-state index contributed by atoms with van der Waals surface area (Å²) in [6.07, 6.45) is 2.15. The van der Waals surface area contributed by atoms with Crippen molar-refractivity contribution >= 4 is 36.7 Å². The molecule has 0 aliphatic heterocycles. The summed E-state index contributed by atoms with van der Waals surface area (Å²) in [6.45, 7) is 0. The van der Waals surface area contributed by atoms with Crippen LogP contribution in [0, 0.1) is 11.6 Å². The fraction of sp³-hybridized carbons (Fsp3) is 0.0500. The number of carbonyl (C=O) groups is 1. The Labute approximate surface area is 186 Å². The van der Waals surface area contributed by atoms with Crippen molar-refractivity contribution in [3.05, 3.63) is 71.6 Å². The molecule has 0 amide bonds. The number of sulfone groups is 1. The third-order valence-electron chi connectivity index (χ3n) is 4.84. The zero-order chi connectivity index (χ0) is 24.1. The third kappa shape index (κ3) is 4.13. The maximum absolute atomic E-state index is 14.8. The van der Waals surface area contributed by atoms with Gasteiger partial charge >= 0.3 is 0 Å². The normalized spacial score (nSPS) is 12.2. The lowest BCUT2D eigenvalue weighted by Crippen LogP contribution is -2.12. The first-order valence-electron chi connectivity index (χ1n) is 9.08. The SMILES string of the molecule is CS(=O)(=O)c1ccc(F)c(C(=O)c2[nH]nc3ncc(-c4ccc(S(N)(=O)=O)cc4)cc23)c1F. The lowest BCUT2D eigenvalue weighted by molar-refractivity contribution is 0.102. The molecule has 0 spiro atoms. The quantitative estimate of drug-likeness (QED) is 0.320. The highest BCUT2D eigenvalue weighted by Gasteiger charge is 2.28. The van der Waals surface area contributed by atoms with Gasteiger partial charge in [-0.3, -0.25) is 9.89 Å². The number of hydrogen-bond acceptors (Lipinski definition) is 7. The van der Waals surface area contributed by atoms with Crippen LogP contribution in [-0.2, 0) is 19.9 Å². The van der Waals surface area contributed by atoms with Gasteiger partial charge in [0.05, 0.1) is 15.8 Å². The maximum Gasteiger partial charge on any atom is 0.238 e. The van der Waals surface area contributed by atoms with Crippen molar-refractivity contribution in [2.24, 2.45) is 5.14 Å². The Kier molecular flexibility index (Phi) is 5.35. The summed E-state index contributed by atoms with van der Waals surface area (Å²) in [4.78, 5) is 16.2. The van der Waals surface area contributed by atoms with Crippen molar-refractivity contribution < 1.29 is 30.4 Å². The van der Waals surface area contributed by atoms with Crippen molar-refractivity contribution in [2.45, 2.75) is 9.79 Å². The average molecular weight is 492 g/mol. The maximum atomic E-state index is 14.8. The molecular weight excluding hydrogens is 478 g/mol. The minimum Gasteiger partial charge on any atom is -0.287 e. The van der Waals surface area contributed by atoms with Crippen LogP contribution in [0.3, 0.4) is 0 Å². The van der Waals surface area contributed by atoms with Crippen molar-refractivity contribution in [2.75, 3.05) is 6.26 Å². The molecule has 2 heterocycles. The van der Waals surface area contributed by atoms with Gasteiger partial charge in [0.2, 0.25) is 15.8 Å². The molecular formula is C20H14F2N4O5S2. The largest absolute Gasteiger partial charge is 0.287 e. The van der Waals surface area contributed by atoms with Gasteiger partial charge in [-0.1, -0.05) is 12.1 Å². The van der Waals surface area contributed by atoms with Gasteiger partial charge in [0.1, 0.15) is 16.4 Å². The molecule has 9 nitrogen and oxygen atoms in total. The molecule has 4 rings (SSSR count). The zero-order valence-electron chi connectivity index (χ0n) is 16.7. The first-order valence-corrected chi connectivity index (χ1v) is 12.5. The molecule has 2 aromatic carbocycles. The molecule has 0 atom stereocenters. The second-order valence-electron chi connectivity index (χ2n) is 7.10. The Morgan fingerprint density at radius 1 is 1.00 bits per heavy atom. The fourth-order valence-electron chi connectivity index (χ4n) is 3.22. The van der Waals surface area contributed by atoms with Crippen LogP contribution in [0.4, 0.5) is 8.78 Å². The van der Waals surface area contributed by atoms with E-state index in [0.717, 1.165) is 12.3 Å². The van der Waals surface area contributed by atoms with Gasteiger partial charge in [0.15, 0.2) is 21.3 Å². The molecule has 4 aromatic rings. The average Bonchev–Trinajstić information content (AvgIpc) is 3.15. The lowest BCUT2D eigenvalue weighted by Gasteiger charge is -2.08. The van der Waals surface area contributed by atoms with Gasteiger partial charge in [-0.15, -0.1) is 0 Å². The summed E-state index contributed by atoms with van der Waals surface area (Å²) in [5.74, 6) is -3.90. The van der Waals surface area contributed by atoms with E-state index in [9.17, 15) is 30.4 Å². The molecule has 0 unspecified atom stereocenters. The molecule has 13 heteroatoms. The second-order valence-corrected chi connectivity index (χ2v) is 10.6. The number of aromatic nitrogens is 3. The summed E-state index contributed by atoms with van der Waals surface area (Å²) in [6, 6.07) is 8.43. The van der Waals surface area contributed by atoms with E-state index in [-0.39, 0.29) is 21.6 Å². The number of halogens is 2. The van der Waals surface area contributed by atoms with E-state index in [2.05, 4.69) is 15.2 Å². The topological polar surface area (TPSA) is 153 Å². The van der Waals surface area contributed by atoms with Gasteiger partial charge in [-0.2, -0.15) is 5.10 Å². The number of aromatic amines is 1. The van der Waals surface area contributed by atoms with E-state index < -0.39 is 47.7 Å². The molecule has 0 bridgehead atoms. The van der Waals surface area contributed by atoms with Crippen LogP contribution >= 0.6 is 0 Å². The second kappa shape index (κ2) is 7.79. The lowest BCUT2D eigenvalue weighted by atomic mass is 10.0. The van der Waals surface area contributed by atoms with Gasteiger partial charge in [-0.25, -0.2) is 35.7 Å². The summed E-state index contributed by atoms with van der Waals surface area (Å²) in [7, 11) is -7.95. The highest BCUT2D eigenvalue weighted by Crippen LogP contribution is 2.28. The number of rotatable bonds is 5. The van der Waals surface area contributed by atoms with Crippen LogP contribution in [-0.4, -0.2) is 44.1 Å². The number of pyridine rings is 1. The molecule has 0 saturated carbocycles. The monoisotopic (exact) mass is 492 g/mol. The Balaban J connectivity index is 1.83. The number of nitrogens with two attached hydrogens (primary N) is 1. The predicted molar refractivity (Wildman–Crippen MR) is 114 cm³/mol. The summed E-state index contributed by atoms with van der Waals surface area (Å²) < 4.78 is 75.6. The van der Waals surface area contributed by atoms with E-state index in [1.54, 1.807) is 0 Å². The van der Waals surface area contributed by atoms with E-state index >= 15 is 0 Å². The molecule has 0 saturated heterocycles. The molecule has 2 aromatic heterocycles. The van der Waals surface area contributed by atoms with E-state index in [0.29, 0.717) is 17.2 Å². The minimum absolute atomic E-state index is 0.0725. The van der Waals surface area contributed by atoms with Crippen LogP contribution < -0.4 is 5.14 Å². The number of benzene rings is 2. The highest BCUT2D eigenvalue weighted by atomic mass is 32.2. The number of nitrogens with zero attached hydrogens (tertiary/aromatic N) is 2. The van der Waals surface area contributed by atoms with Gasteiger partial charge < -0.3 is 0 Å². The summed E-state index contributed by atoms with van der Waals surface area (Å²) >= 11 is 0. The summed E-state index contributed by atoms with van der Waals surface area (Å²) in [5.41, 5.74) is -0.309. The number of sulfonamides is 1. The Hall–Kier alpha value is -3.55. The zero-order valence-corrected chi connectivity index (χ0v) is 18.3. The smallest absolute Gasteiger partial charge is 0.238 e. The first kappa shape index (κ1) is 22.6. The van der Waals surface area contributed by atoms with Crippen molar-refractivity contribution in [1.29, 1.82) is 0 Å². The van der Waals surface area contributed by atoms with E-state index in [1.807, 2.05) is 0 Å². The van der Waals surface area contributed by atoms with Crippen LogP contribution in [0.1, 0.15) is 16.1 Å². The highest BCUT2D eigenvalue weighted by molar-refractivity contribution is 7.90. The Morgan fingerprint density at radius 2 is 1.67 bits per heavy atom. The number of fused-ring (bicyclic) bond motifs is 1. The van der Waals surface area contributed by atoms with E-state index in [1.165, 1.54) is 36.5 Å². The standard InChI is InChI=1S/C20H14F2N4O5S2/c1-32(28,29)15-7-6-14(21)16(17(15)22)19(27)18-13-8-11(9-24-20(13)26-25-18)10-2-4-12(5-3-10)33(23,30)31/h2-9H,1H3,(H2,23,30,31)(H,24,25,26). The number of hydrogen-bond donors (Lipinski definition) is 2.